The number of fused-ring (bicyclic) bond motifs is 2. The third kappa shape index (κ3) is 4.20. The van der Waals surface area contributed by atoms with Crippen molar-refractivity contribution in [1.29, 1.82) is 0 Å². The van der Waals surface area contributed by atoms with Crippen LogP contribution in [0.15, 0.2) is 50.8 Å². The Morgan fingerprint density at radius 1 is 1.20 bits per heavy atom. The highest BCUT2D eigenvalue weighted by Gasteiger charge is 2.18. The summed E-state index contributed by atoms with van der Waals surface area (Å²) in [6, 6.07) is 10.8. The van der Waals surface area contributed by atoms with E-state index >= 15 is 0 Å². The zero-order valence-electron chi connectivity index (χ0n) is 16.4. The topological polar surface area (TPSA) is 81.1 Å². The molecule has 2 heterocycles. The first-order chi connectivity index (χ1) is 14.5. The van der Waals surface area contributed by atoms with Crippen LogP contribution in [0.2, 0.25) is 0 Å². The van der Waals surface area contributed by atoms with E-state index in [-0.39, 0.29) is 23.0 Å². The molecule has 154 valence electrons. The number of nitrogens with one attached hydrogen (secondary N) is 1. The zero-order valence-corrected chi connectivity index (χ0v) is 18.8. The average Bonchev–Trinajstić information content (AvgIpc) is 2.74. The van der Waals surface area contributed by atoms with Gasteiger partial charge >= 0.3 is 0 Å². The first-order valence-corrected chi connectivity index (χ1v) is 11.5. The number of aryl methyl sites for hydroxylation is 1. The van der Waals surface area contributed by atoms with Crippen LogP contribution in [-0.4, -0.2) is 27.0 Å². The number of nitrogens with zero attached hydrogens (tertiary/aromatic N) is 2. The number of rotatable bonds is 6. The highest BCUT2D eigenvalue weighted by molar-refractivity contribution is 9.10. The summed E-state index contributed by atoms with van der Waals surface area (Å²) in [6.45, 7) is 2.55. The molecular formula is C22H20BrN3O3S. The number of aromatic nitrogens is 2. The van der Waals surface area contributed by atoms with Gasteiger partial charge in [-0.1, -0.05) is 34.6 Å². The standard InChI is InChI=1S/C22H20BrN3O3S/c1-2-9-26-21(29)16-11-15(23)5-7-18(16)25-22(26)30-12-19(27)14-3-6-17-13(10-14)4-8-20(28)24-17/h3,5-7,10-11H,2,4,8-9,12H2,1H3,(H,24,28). The van der Waals surface area contributed by atoms with Gasteiger partial charge in [-0.05, 0) is 54.8 Å². The zero-order chi connectivity index (χ0) is 21.3. The number of ketones is 1. The Morgan fingerprint density at radius 2 is 2.03 bits per heavy atom. The molecule has 0 atom stereocenters. The maximum absolute atomic E-state index is 13.0. The summed E-state index contributed by atoms with van der Waals surface area (Å²) in [5, 5.41) is 3.94. The van der Waals surface area contributed by atoms with Crippen LogP contribution in [-0.2, 0) is 17.8 Å². The maximum atomic E-state index is 13.0. The van der Waals surface area contributed by atoms with Crippen LogP contribution in [0.5, 0.6) is 0 Å². The van der Waals surface area contributed by atoms with E-state index in [1.165, 1.54) is 11.8 Å². The Hall–Kier alpha value is -2.45. The molecule has 1 N–H and O–H groups in total. The van der Waals surface area contributed by atoms with Crippen molar-refractivity contribution in [3.8, 4) is 0 Å². The molecule has 30 heavy (non-hydrogen) atoms. The van der Waals surface area contributed by atoms with E-state index in [4.69, 9.17) is 0 Å². The number of anilines is 1. The molecule has 8 heteroatoms. The second kappa shape index (κ2) is 8.73. The van der Waals surface area contributed by atoms with Gasteiger partial charge in [0.2, 0.25) is 5.91 Å². The lowest BCUT2D eigenvalue weighted by Crippen LogP contribution is -2.23. The number of Topliss-reactive ketones (excluding diaryl/α,β-unsaturated/α-hetero) is 1. The minimum Gasteiger partial charge on any atom is -0.326 e. The fourth-order valence-electron chi connectivity index (χ4n) is 3.47. The number of halogens is 1. The van der Waals surface area contributed by atoms with E-state index in [2.05, 4.69) is 26.2 Å². The number of amides is 1. The minimum absolute atomic E-state index is 0.000404. The molecule has 1 aromatic heterocycles. The van der Waals surface area contributed by atoms with Crippen LogP contribution in [0.4, 0.5) is 5.69 Å². The molecule has 3 aromatic rings. The predicted octanol–water partition coefficient (Wildman–Crippen LogP) is 4.43. The van der Waals surface area contributed by atoms with Crippen LogP contribution < -0.4 is 10.9 Å². The SMILES string of the molecule is CCCn1c(SCC(=O)c2ccc3c(c2)CCC(=O)N3)nc2ccc(Br)cc2c1=O. The lowest BCUT2D eigenvalue weighted by atomic mass is 9.99. The largest absolute Gasteiger partial charge is 0.326 e. The summed E-state index contributed by atoms with van der Waals surface area (Å²) in [5.41, 5.74) is 2.88. The molecule has 2 aromatic carbocycles. The fraction of sp³-hybridized carbons (Fsp3) is 0.273. The number of hydrogen-bond acceptors (Lipinski definition) is 5. The lowest BCUT2D eigenvalue weighted by Gasteiger charge is -2.17. The Balaban J connectivity index is 1.59. The molecule has 6 nitrogen and oxygen atoms in total. The van der Waals surface area contributed by atoms with Gasteiger partial charge in [0.15, 0.2) is 10.9 Å². The third-order valence-corrected chi connectivity index (χ3v) is 6.45. The van der Waals surface area contributed by atoms with Gasteiger partial charge in [0.05, 0.1) is 16.7 Å². The first kappa shape index (κ1) is 20.8. The van der Waals surface area contributed by atoms with Gasteiger partial charge in [0.25, 0.3) is 5.56 Å². The van der Waals surface area contributed by atoms with Crippen LogP contribution in [0.25, 0.3) is 10.9 Å². The summed E-state index contributed by atoms with van der Waals surface area (Å²) < 4.78 is 2.48. The molecule has 1 amide bonds. The van der Waals surface area contributed by atoms with Crippen LogP contribution >= 0.6 is 27.7 Å². The van der Waals surface area contributed by atoms with Gasteiger partial charge in [0, 0.05) is 28.7 Å². The van der Waals surface area contributed by atoms with E-state index in [1.807, 2.05) is 19.1 Å². The van der Waals surface area contributed by atoms with Gasteiger partial charge in [-0.3, -0.25) is 19.0 Å². The number of thioether (sulfide) groups is 1. The maximum Gasteiger partial charge on any atom is 0.262 e. The minimum atomic E-state index is -0.0948. The molecule has 1 aliphatic rings. The van der Waals surface area contributed by atoms with Gasteiger partial charge in [-0.2, -0.15) is 0 Å². The molecule has 1 aliphatic heterocycles. The van der Waals surface area contributed by atoms with E-state index in [0.29, 0.717) is 41.0 Å². The molecule has 0 aliphatic carbocycles. The summed E-state index contributed by atoms with van der Waals surface area (Å²) in [6.07, 6.45) is 1.85. The van der Waals surface area contributed by atoms with Crippen molar-refractivity contribution in [2.75, 3.05) is 11.1 Å². The second-order valence-corrected chi connectivity index (χ2v) is 9.00. The molecule has 0 bridgehead atoms. The Morgan fingerprint density at radius 3 is 2.83 bits per heavy atom. The summed E-state index contributed by atoms with van der Waals surface area (Å²) in [4.78, 5) is 41.9. The molecule has 0 radical (unpaired) electrons. The lowest BCUT2D eigenvalue weighted by molar-refractivity contribution is -0.116. The normalized spacial score (nSPS) is 13.2. The van der Waals surface area contributed by atoms with Crippen LogP contribution in [0, 0.1) is 0 Å². The smallest absolute Gasteiger partial charge is 0.262 e. The van der Waals surface area contributed by atoms with Gasteiger partial charge in [-0.15, -0.1) is 0 Å². The van der Waals surface area contributed by atoms with Crippen molar-refractivity contribution in [2.45, 2.75) is 37.9 Å². The van der Waals surface area contributed by atoms with E-state index < -0.39 is 0 Å². The Bertz CT molecular complexity index is 1220. The van der Waals surface area contributed by atoms with Crippen molar-refractivity contribution >= 4 is 56.0 Å². The summed E-state index contributed by atoms with van der Waals surface area (Å²) >= 11 is 4.69. The van der Waals surface area contributed by atoms with Crippen LogP contribution in [0.1, 0.15) is 35.7 Å². The van der Waals surface area contributed by atoms with E-state index in [1.54, 1.807) is 28.8 Å². The molecule has 4 rings (SSSR count). The van der Waals surface area contributed by atoms with Crippen molar-refractivity contribution in [1.82, 2.24) is 9.55 Å². The molecule has 0 fully saturated rings. The molecule has 0 saturated heterocycles. The van der Waals surface area contributed by atoms with Crippen molar-refractivity contribution < 1.29 is 9.59 Å². The molecule has 0 saturated carbocycles. The average molecular weight is 486 g/mol. The fourth-order valence-corrected chi connectivity index (χ4v) is 4.75. The monoisotopic (exact) mass is 485 g/mol. The first-order valence-electron chi connectivity index (χ1n) is 9.75. The van der Waals surface area contributed by atoms with Crippen molar-refractivity contribution in [3.63, 3.8) is 0 Å². The Labute approximate surface area is 186 Å². The number of carbonyl (C=O) groups excluding carboxylic acids is 2. The van der Waals surface area contributed by atoms with Crippen molar-refractivity contribution in [3.05, 3.63) is 62.4 Å². The van der Waals surface area contributed by atoms with Crippen molar-refractivity contribution in [2.24, 2.45) is 0 Å². The molecule has 0 spiro atoms. The van der Waals surface area contributed by atoms with Gasteiger partial charge in [-0.25, -0.2) is 4.98 Å². The highest BCUT2D eigenvalue weighted by atomic mass is 79.9. The van der Waals surface area contributed by atoms with E-state index in [9.17, 15) is 14.4 Å². The second-order valence-electron chi connectivity index (χ2n) is 7.14. The van der Waals surface area contributed by atoms with Gasteiger partial charge < -0.3 is 5.32 Å². The third-order valence-electron chi connectivity index (χ3n) is 4.98. The summed E-state index contributed by atoms with van der Waals surface area (Å²) in [7, 11) is 0. The highest BCUT2D eigenvalue weighted by Crippen LogP contribution is 2.26. The van der Waals surface area contributed by atoms with Gasteiger partial charge in [0.1, 0.15) is 0 Å². The summed E-state index contributed by atoms with van der Waals surface area (Å²) in [5.74, 6) is 0.150. The number of benzene rings is 2. The molecular weight excluding hydrogens is 466 g/mol. The quantitative estimate of drug-likeness (QED) is 0.317. The predicted molar refractivity (Wildman–Crippen MR) is 122 cm³/mol. The molecule has 0 unspecified atom stereocenters. The van der Waals surface area contributed by atoms with E-state index in [0.717, 1.165) is 22.1 Å². The van der Waals surface area contributed by atoms with Crippen LogP contribution in [0.3, 0.4) is 0 Å². The Kier molecular flexibility index (Phi) is 6.06. The number of carbonyl (C=O) groups is 2. The number of hydrogen-bond donors (Lipinski definition) is 1.